The summed E-state index contributed by atoms with van der Waals surface area (Å²) in [4.78, 5) is 47.7. The van der Waals surface area contributed by atoms with Gasteiger partial charge in [0.2, 0.25) is 17.7 Å². The van der Waals surface area contributed by atoms with Gasteiger partial charge in [-0.25, -0.2) is 0 Å². The molecule has 172 valence electrons. The maximum atomic E-state index is 12.4. The fourth-order valence-electron chi connectivity index (χ4n) is 2.48. The van der Waals surface area contributed by atoms with Crippen molar-refractivity contribution in [1.82, 2.24) is 16.0 Å². The fraction of sp³-hybridized carbons (Fsp3) is 0.474. The molecule has 12 nitrogen and oxygen atoms in total. The molecule has 0 heterocycles. The van der Waals surface area contributed by atoms with Gasteiger partial charge in [-0.2, -0.15) is 0 Å². The standard InChI is InChI=1S/C19H28N4O8/c1-9(19(30)31)21-18(29)15(10(2)25)23-17(28)14(8-24)22-16(27)13(20)7-11-3-5-12(26)6-4-11/h3-6,9-10,13-15,24-26H,7-8,20H2,1-2H3,(H,21,29)(H,22,27)(H,23,28)(H,30,31)/t9-,10+,13-,14-,15-/m0/s1. The summed E-state index contributed by atoms with van der Waals surface area (Å²) >= 11 is 0. The van der Waals surface area contributed by atoms with Crippen LogP contribution in [0.2, 0.25) is 0 Å². The van der Waals surface area contributed by atoms with Gasteiger partial charge in [0.15, 0.2) is 0 Å². The van der Waals surface area contributed by atoms with Crippen molar-refractivity contribution < 1.29 is 39.6 Å². The second-order valence-corrected chi connectivity index (χ2v) is 7.02. The Morgan fingerprint density at radius 2 is 1.55 bits per heavy atom. The molecule has 0 aliphatic carbocycles. The molecule has 0 aliphatic heterocycles. The number of carbonyl (C=O) groups is 4. The molecule has 9 N–H and O–H groups in total. The van der Waals surface area contributed by atoms with E-state index < -0.39 is 60.6 Å². The summed E-state index contributed by atoms with van der Waals surface area (Å²) in [7, 11) is 0. The van der Waals surface area contributed by atoms with Crippen LogP contribution in [0.25, 0.3) is 0 Å². The molecule has 0 spiro atoms. The van der Waals surface area contributed by atoms with Crippen LogP contribution in [0.4, 0.5) is 0 Å². The molecule has 5 atom stereocenters. The van der Waals surface area contributed by atoms with Crippen molar-refractivity contribution in [2.45, 2.75) is 50.5 Å². The molecule has 1 rings (SSSR count). The zero-order valence-corrected chi connectivity index (χ0v) is 17.1. The molecule has 3 amide bonds. The number of benzene rings is 1. The van der Waals surface area contributed by atoms with E-state index in [1.807, 2.05) is 0 Å². The van der Waals surface area contributed by atoms with Gasteiger partial charge in [-0.15, -0.1) is 0 Å². The van der Waals surface area contributed by atoms with E-state index in [-0.39, 0.29) is 12.2 Å². The molecule has 0 aromatic heterocycles. The van der Waals surface area contributed by atoms with Gasteiger partial charge in [0.05, 0.1) is 18.8 Å². The summed E-state index contributed by atoms with van der Waals surface area (Å²) in [5.41, 5.74) is 6.48. The van der Waals surface area contributed by atoms with E-state index in [9.17, 15) is 34.5 Å². The number of aliphatic hydroxyl groups is 2. The Balaban J connectivity index is 2.74. The number of aliphatic carboxylic acids is 1. The smallest absolute Gasteiger partial charge is 0.325 e. The maximum absolute atomic E-state index is 12.4. The molecular formula is C19H28N4O8. The molecule has 0 saturated heterocycles. The first-order valence-corrected chi connectivity index (χ1v) is 9.42. The van der Waals surface area contributed by atoms with Crippen LogP contribution in [0.1, 0.15) is 19.4 Å². The maximum Gasteiger partial charge on any atom is 0.325 e. The minimum Gasteiger partial charge on any atom is -0.508 e. The number of phenols is 1. The van der Waals surface area contributed by atoms with E-state index in [0.29, 0.717) is 5.56 Å². The highest BCUT2D eigenvalue weighted by Gasteiger charge is 2.31. The zero-order valence-electron chi connectivity index (χ0n) is 17.1. The lowest BCUT2D eigenvalue weighted by molar-refractivity contribution is -0.142. The Bertz CT molecular complexity index is 784. The first-order valence-electron chi connectivity index (χ1n) is 9.42. The molecule has 31 heavy (non-hydrogen) atoms. The van der Waals surface area contributed by atoms with Crippen molar-refractivity contribution in [2.75, 3.05) is 6.61 Å². The molecule has 12 heteroatoms. The van der Waals surface area contributed by atoms with Crippen LogP contribution in [0.3, 0.4) is 0 Å². The van der Waals surface area contributed by atoms with Crippen LogP contribution in [-0.2, 0) is 25.6 Å². The van der Waals surface area contributed by atoms with Gasteiger partial charge in [-0.05, 0) is 38.0 Å². The number of hydrogen-bond acceptors (Lipinski definition) is 8. The zero-order chi connectivity index (χ0) is 23.7. The van der Waals surface area contributed by atoms with Crippen molar-refractivity contribution in [1.29, 1.82) is 0 Å². The number of phenolic OH excluding ortho intramolecular Hbond substituents is 1. The summed E-state index contributed by atoms with van der Waals surface area (Å²) in [5, 5.41) is 43.9. The van der Waals surface area contributed by atoms with Crippen LogP contribution >= 0.6 is 0 Å². The number of aliphatic hydroxyl groups excluding tert-OH is 2. The quantitative estimate of drug-likeness (QED) is 0.178. The molecule has 1 aromatic carbocycles. The summed E-state index contributed by atoms with van der Waals surface area (Å²) in [6, 6.07) is 0.670. The highest BCUT2D eigenvalue weighted by Crippen LogP contribution is 2.11. The Morgan fingerprint density at radius 3 is 2.03 bits per heavy atom. The number of carboxylic acid groups (broad SMARTS) is 1. The van der Waals surface area contributed by atoms with Crippen LogP contribution < -0.4 is 21.7 Å². The van der Waals surface area contributed by atoms with Crippen molar-refractivity contribution in [2.24, 2.45) is 5.73 Å². The average molecular weight is 440 g/mol. The topological polar surface area (TPSA) is 211 Å². The molecule has 0 bridgehead atoms. The van der Waals surface area contributed by atoms with Gasteiger partial charge < -0.3 is 42.1 Å². The van der Waals surface area contributed by atoms with E-state index in [0.717, 1.165) is 0 Å². The van der Waals surface area contributed by atoms with Gasteiger partial charge >= 0.3 is 5.97 Å². The van der Waals surface area contributed by atoms with Crippen LogP contribution in [0.15, 0.2) is 24.3 Å². The van der Waals surface area contributed by atoms with Crippen molar-refractivity contribution in [3.8, 4) is 5.75 Å². The molecule has 1 aromatic rings. The minimum atomic E-state index is -1.52. The first kappa shape index (κ1) is 25.8. The van der Waals surface area contributed by atoms with Gasteiger partial charge in [0, 0.05) is 0 Å². The van der Waals surface area contributed by atoms with E-state index >= 15 is 0 Å². The predicted molar refractivity (Wildman–Crippen MR) is 108 cm³/mol. The van der Waals surface area contributed by atoms with Gasteiger partial charge in [-0.1, -0.05) is 12.1 Å². The second-order valence-electron chi connectivity index (χ2n) is 7.02. The second kappa shape index (κ2) is 11.8. The highest BCUT2D eigenvalue weighted by atomic mass is 16.4. The number of nitrogens with two attached hydrogens (primary N) is 1. The van der Waals surface area contributed by atoms with Crippen LogP contribution in [0, 0.1) is 0 Å². The lowest BCUT2D eigenvalue weighted by Crippen LogP contribution is -2.60. The van der Waals surface area contributed by atoms with Crippen LogP contribution in [0.5, 0.6) is 5.75 Å². The first-order chi connectivity index (χ1) is 14.5. The molecule has 0 fully saturated rings. The number of carbonyl (C=O) groups excluding carboxylic acids is 3. The van der Waals surface area contributed by atoms with Crippen molar-refractivity contribution in [3.05, 3.63) is 29.8 Å². The minimum absolute atomic E-state index is 0.0493. The predicted octanol–water partition coefficient (Wildman–Crippen LogP) is -2.81. The average Bonchev–Trinajstić information content (AvgIpc) is 2.70. The summed E-state index contributed by atoms with van der Waals surface area (Å²) in [6.07, 6.45) is -1.30. The third kappa shape index (κ3) is 8.20. The third-order valence-electron chi connectivity index (χ3n) is 4.34. The van der Waals surface area contributed by atoms with Gasteiger partial charge in [-0.3, -0.25) is 19.2 Å². The monoisotopic (exact) mass is 440 g/mol. The molecule has 0 saturated carbocycles. The molecule has 0 radical (unpaired) electrons. The SMILES string of the molecule is C[C@H](NC(=O)[C@@H](NC(=O)[C@H](CO)NC(=O)[C@@H](N)Cc1ccc(O)cc1)[C@@H](C)O)C(=O)O. The van der Waals surface area contributed by atoms with Gasteiger partial charge in [0.25, 0.3) is 0 Å². The fourth-order valence-corrected chi connectivity index (χ4v) is 2.48. The Labute approximate surface area is 178 Å². The Kier molecular flexibility index (Phi) is 9.86. The highest BCUT2D eigenvalue weighted by molar-refractivity contribution is 5.94. The molecule has 0 aliphatic rings. The van der Waals surface area contributed by atoms with E-state index in [1.165, 1.54) is 26.0 Å². The number of amides is 3. The van der Waals surface area contributed by atoms with Gasteiger partial charge in [0.1, 0.15) is 23.9 Å². The van der Waals surface area contributed by atoms with Crippen molar-refractivity contribution in [3.63, 3.8) is 0 Å². The summed E-state index contributed by atoms with van der Waals surface area (Å²) in [6.45, 7) is 1.59. The third-order valence-corrected chi connectivity index (χ3v) is 4.34. The number of nitrogens with one attached hydrogen (secondary N) is 3. The summed E-state index contributed by atoms with van der Waals surface area (Å²) < 4.78 is 0. The number of hydrogen-bond donors (Lipinski definition) is 8. The Morgan fingerprint density at radius 1 is 0.968 bits per heavy atom. The van der Waals surface area contributed by atoms with E-state index in [2.05, 4.69) is 16.0 Å². The normalized spacial score (nSPS) is 15.6. The molecule has 0 unspecified atom stereocenters. The number of rotatable bonds is 11. The van der Waals surface area contributed by atoms with E-state index in [1.54, 1.807) is 12.1 Å². The lowest BCUT2D eigenvalue weighted by atomic mass is 10.1. The largest absolute Gasteiger partial charge is 0.508 e. The van der Waals surface area contributed by atoms with E-state index in [4.69, 9.17) is 10.8 Å². The lowest BCUT2D eigenvalue weighted by Gasteiger charge is -2.25. The number of carboxylic acids is 1. The van der Waals surface area contributed by atoms with Crippen molar-refractivity contribution >= 4 is 23.7 Å². The van der Waals surface area contributed by atoms with Crippen LogP contribution in [-0.4, -0.2) is 81.0 Å². The summed E-state index contributed by atoms with van der Waals surface area (Å²) in [5.74, 6) is -3.94. The molecular weight excluding hydrogens is 412 g/mol. The Hall–Kier alpha value is -3.22. The number of aromatic hydroxyl groups is 1.